The third-order valence-electron chi connectivity index (χ3n) is 6.25. The van der Waals surface area contributed by atoms with E-state index in [1.54, 1.807) is 0 Å². The molecule has 5 rings (SSSR count). The van der Waals surface area contributed by atoms with Gasteiger partial charge in [0, 0.05) is 32.2 Å². The molecule has 2 aromatic heterocycles. The summed E-state index contributed by atoms with van der Waals surface area (Å²) in [7, 11) is -0.422. The van der Waals surface area contributed by atoms with Gasteiger partial charge in [-0.25, -0.2) is 0 Å². The third kappa shape index (κ3) is 2.68. The Kier molecular flexibility index (Phi) is 4.06. The van der Waals surface area contributed by atoms with Crippen molar-refractivity contribution in [1.29, 1.82) is 0 Å². The normalized spacial score (nSPS) is 19.9. The Balaban J connectivity index is 1.69. The summed E-state index contributed by atoms with van der Waals surface area (Å²) in [5.74, 6) is 0. The molecule has 3 aromatic rings. The van der Waals surface area contributed by atoms with Crippen LogP contribution in [0.2, 0.25) is 0 Å². The fourth-order valence-corrected chi connectivity index (χ4v) is 5.23. The van der Waals surface area contributed by atoms with Gasteiger partial charge in [-0.15, -0.1) is 11.3 Å². The number of aryl methyl sites for hydroxylation is 1. The molecule has 0 saturated carbocycles. The number of rotatable bonds is 2. The standard InChI is InChI=1S/C23H24BNO2S/c1-22(2)23(3,4)27-24(26-22)17-11-8-14-25-21(17)16-10-7-13-19-20(16)15-9-5-6-12-18(15)28-19/h5,7-11,13-14H,6,12H2,1-4H3. The predicted octanol–water partition coefficient (Wildman–Crippen LogP) is 5.22. The monoisotopic (exact) mass is 389 g/mol. The second-order valence-corrected chi connectivity index (χ2v) is 9.72. The maximum absolute atomic E-state index is 6.34. The Labute approximate surface area is 170 Å². The van der Waals surface area contributed by atoms with E-state index in [2.05, 4.69) is 64.1 Å². The first-order chi connectivity index (χ1) is 13.4. The Morgan fingerprint density at radius 1 is 1.04 bits per heavy atom. The van der Waals surface area contributed by atoms with Crippen molar-refractivity contribution in [1.82, 2.24) is 4.98 Å². The molecule has 1 aliphatic carbocycles. The minimum atomic E-state index is -0.422. The first-order valence-corrected chi connectivity index (χ1v) is 10.7. The lowest BCUT2D eigenvalue weighted by Gasteiger charge is -2.32. The first kappa shape index (κ1) is 18.1. The summed E-state index contributed by atoms with van der Waals surface area (Å²) in [5, 5.41) is 1.30. The van der Waals surface area contributed by atoms with E-state index >= 15 is 0 Å². The molecule has 2 aliphatic rings. The van der Waals surface area contributed by atoms with Gasteiger partial charge in [0.05, 0.1) is 16.9 Å². The molecule has 1 aliphatic heterocycles. The Morgan fingerprint density at radius 2 is 1.82 bits per heavy atom. The molecule has 142 valence electrons. The van der Waals surface area contributed by atoms with Crippen molar-refractivity contribution >= 4 is 40.1 Å². The van der Waals surface area contributed by atoms with Gasteiger partial charge in [-0.2, -0.15) is 0 Å². The second-order valence-electron chi connectivity index (χ2n) is 8.59. The van der Waals surface area contributed by atoms with E-state index in [1.165, 1.54) is 20.5 Å². The molecule has 3 nitrogen and oxygen atoms in total. The molecular formula is C23H24BNO2S. The lowest BCUT2D eigenvalue weighted by Crippen LogP contribution is -2.41. The summed E-state index contributed by atoms with van der Waals surface area (Å²) in [6, 6.07) is 10.6. The Bertz CT molecular complexity index is 1080. The summed E-state index contributed by atoms with van der Waals surface area (Å²) in [6.07, 6.45) is 8.66. The van der Waals surface area contributed by atoms with Gasteiger partial charge in [0.1, 0.15) is 0 Å². The van der Waals surface area contributed by atoms with E-state index in [1.807, 2.05) is 23.6 Å². The maximum Gasteiger partial charge on any atom is 0.497 e. The molecule has 5 heteroatoms. The van der Waals surface area contributed by atoms with E-state index in [4.69, 9.17) is 14.3 Å². The van der Waals surface area contributed by atoms with Crippen molar-refractivity contribution in [2.45, 2.75) is 51.7 Å². The molecule has 3 heterocycles. The highest BCUT2D eigenvalue weighted by molar-refractivity contribution is 7.19. The van der Waals surface area contributed by atoms with E-state index in [0.29, 0.717) is 0 Å². The summed E-state index contributed by atoms with van der Waals surface area (Å²) >= 11 is 1.90. The van der Waals surface area contributed by atoms with Gasteiger partial charge in [-0.05, 0) is 58.2 Å². The SMILES string of the molecule is CC1(C)OB(c2cccnc2-c2cccc3sc4c(c23)C=CCC4)OC1(C)C. The summed E-state index contributed by atoms with van der Waals surface area (Å²) < 4.78 is 14.0. The smallest absolute Gasteiger partial charge is 0.399 e. The van der Waals surface area contributed by atoms with Crippen molar-refractivity contribution in [3.63, 3.8) is 0 Å². The van der Waals surface area contributed by atoms with Gasteiger partial charge in [-0.3, -0.25) is 4.98 Å². The second kappa shape index (κ2) is 6.28. The molecule has 0 unspecified atom stereocenters. The Hall–Kier alpha value is -1.95. The molecule has 0 spiro atoms. The van der Waals surface area contributed by atoms with Crippen LogP contribution in [0.4, 0.5) is 0 Å². The van der Waals surface area contributed by atoms with Crippen LogP contribution in [0.1, 0.15) is 44.6 Å². The average molecular weight is 389 g/mol. The van der Waals surface area contributed by atoms with Gasteiger partial charge in [0.15, 0.2) is 0 Å². The zero-order valence-corrected chi connectivity index (χ0v) is 17.6. The van der Waals surface area contributed by atoms with Crippen molar-refractivity contribution in [3.8, 4) is 11.3 Å². The van der Waals surface area contributed by atoms with Gasteiger partial charge in [0.2, 0.25) is 0 Å². The quantitative estimate of drug-likeness (QED) is 0.563. The van der Waals surface area contributed by atoms with Crippen LogP contribution in [0.5, 0.6) is 0 Å². The lowest BCUT2D eigenvalue weighted by molar-refractivity contribution is 0.00578. The number of fused-ring (bicyclic) bond motifs is 3. The minimum Gasteiger partial charge on any atom is -0.399 e. The molecule has 28 heavy (non-hydrogen) atoms. The highest BCUT2D eigenvalue weighted by Gasteiger charge is 2.52. The summed E-state index contributed by atoms with van der Waals surface area (Å²) in [5.41, 5.74) is 3.71. The third-order valence-corrected chi connectivity index (χ3v) is 7.48. The highest BCUT2D eigenvalue weighted by Crippen LogP contribution is 2.41. The molecule has 1 saturated heterocycles. The van der Waals surface area contributed by atoms with Crippen LogP contribution in [-0.2, 0) is 15.7 Å². The molecule has 0 bridgehead atoms. The van der Waals surface area contributed by atoms with Gasteiger partial charge in [0.25, 0.3) is 0 Å². The zero-order valence-electron chi connectivity index (χ0n) is 16.8. The molecule has 1 aromatic carbocycles. The van der Waals surface area contributed by atoms with Crippen LogP contribution in [0, 0.1) is 0 Å². The maximum atomic E-state index is 6.34. The predicted molar refractivity (Wildman–Crippen MR) is 118 cm³/mol. The van der Waals surface area contributed by atoms with Crippen molar-refractivity contribution in [2.75, 3.05) is 0 Å². The number of benzene rings is 1. The summed E-state index contributed by atoms with van der Waals surface area (Å²) in [6.45, 7) is 8.35. The molecule has 0 radical (unpaired) electrons. The number of thiophene rings is 1. The lowest BCUT2D eigenvalue weighted by atomic mass is 9.76. The molecule has 0 atom stereocenters. The topological polar surface area (TPSA) is 31.4 Å². The zero-order chi connectivity index (χ0) is 19.5. The highest BCUT2D eigenvalue weighted by atomic mass is 32.1. The molecular weight excluding hydrogens is 365 g/mol. The molecule has 1 fully saturated rings. The number of hydrogen-bond donors (Lipinski definition) is 0. The van der Waals surface area contributed by atoms with Crippen LogP contribution in [0.25, 0.3) is 27.4 Å². The largest absolute Gasteiger partial charge is 0.497 e. The molecule has 0 N–H and O–H groups in total. The number of hydrogen-bond acceptors (Lipinski definition) is 4. The fraction of sp³-hybridized carbons (Fsp3) is 0.348. The van der Waals surface area contributed by atoms with Gasteiger partial charge < -0.3 is 9.31 Å². The van der Waals surface area contributed by atoms with Crippen LogP contribution >= 0.6 is 11.3 Å². The van der Waals surface area contributed by atoms with E-state index < -0.39 is 7.12 Å². The van der Waals surface area contributed by atoms with E-state index in [-0.39, 0.29) is 11.2 Å². The Morgan fingerprint density at radius 3 is 2.61 bits per heavy atom. The number of allylic oxidation sites excluding steroid dienone is 1. The first-order valence-electron chi connectivity index (χ1n) is 9.89. The number of aromatic nitrogens is 1. The van der Waals surface area contributed by atoms with Crippen molar-refractivity contribution in [2.24, 2.45) is 0 Å². The van der Waals surface area contributed by atoms with Gasteiger partial charge in [-0.1, -0.05) is 30.4 Å². The van der Waals surface area contributed by atoms with Gasteiger partial charge >= 0.3 is 7.12 Å². The molecule has 0 amide bonds. The number of pyridine rings is 1. The van der Waals surface area contributed by atoms with Crippen LogP contribution in [0.3, 0.4) is 0 Å². The average Bonchev–Trinajstić information content (AvgIpc) is 3.15. The van der Waals surface area contributed by atoms with Crippen LogP contribution < -0.4 is 5.46 Å². The van der Waals surface area contributed by atoms with Crippen LogP contribution in [0.15, 0.2) is 42.6 Å². The van der Waals surface area contributed by atoms with Crippen molar-refractivity contribution in [3.05, 3.63) is 53.0 Å². The van der Waals surface area contributed by atoms with Crippen LogP contribution in [-0.4, -0.2) is 23.3 Å². The summed E-state index contributed by atoms with van der Waals surface area (Å²) in [4.78, 5) is 6.26. The van der Waals surface area contributed by atoms with E-state index in [0.717, 1.165) is 29.6 Å². The number of nitrogens with zero attached hydrogens (tertiary/aromatic N) is 1. The van der Waals surface area contributed by atoms with Crippen molar-refractivity contribution < 1.29 is 9.31 Å². The van der Waals surface area contributed by atoms with E-state index in [9.17, 15) is 0 Å². The fourth-order valence-electron chi connectivity index (χ4n) is 4.00. The minimum absolute atomic E-state index is 0.374.